The number of benzene rings is 2. The standard InChI is InChI=1S/C22H20ClN3O5S/c1-15-8-10-19(25-32(29,30)14-16-6-4-3-5-7-16)22(28)26(15)31-20-11-9-18(23)12-17(20)13-21(27)24-2/h3-12,25H,2,13-14H2,1H3. The fourth-order valence-electron chi connectivity index (χ4n) is 2.89. The Hall–Kier alpha value is -3.43. The molecule has 3 aromatic rings. The van der Waals surface area contributed by atoms with Gasteiger partial charge in [-0.05, 0) is 49.5 Å². The summed E-state index contributed by atoms with van der Waals surface area (Å²) in [6.07, 6.45) is -0.128. The summed E-state index contributed by atoms with van der Waals surface area (Å²) in [6, 6.07) is 16.1. The van der Waals surface area contributed by atoms with E-state index in [-0.39, 0.29) is 23.6 Å². The van der Waals surface area contributed by atoms with Gasteiger partial charge in [0.2, 0.25) is 15.9 Å². The fraction of sp³-hybridized carbons (Fsp3) is 0.136. The van der Waals surface area contributed by atoms with Crippen LogP contribution in [0, 0.1) is 6.92 Å². The first-order valence-electron chi connectivity index (χ1n) is 9.42. The number of carbonyl (C=O) groups is 1. The number of pyridine rings is 1. The van der Waals surface area contributed by atoms with Gasteiger partial charge in [-0.15, -0.1) is 4.73 Å². The van der Waals surface area contributed by atoms with Crippen molar-refractivity contribution in [3.8, 4) is 5.75 Å². The number of aliphatic imine (C=N–C) groups is 1. The van der Waals surface area contributed by atoms with Crippen LogP contribution in [0.15, 0.2) is 70.5 Å². The topological polar surface area (TPSA) is 107 Å². The Balaban J connectivity index is 1.92. The van der Waals surface area contributed by atoms with Crippen LogP contribution in [0.25, 0.3) is 0 Å². The van der Waals surface area contributed by atoms with Crippen LogP contribution < -0.4 is 15.1 Å². The lowest BCUT2D eigenvalue weighted by atomic mass is 10.1. The van der Waals surface area contributed by atoms with Crippen LogP contribution in [0.1, 0.15) is 16.8 Å². The highest BCUT2D eigenvalue weighted by Crippen LogP contribution is 2.24. The number of hydrogen-bond acceptors (Lipinski definition) is 5. The van der Waals surface area contributed by atoms with E-state index >= 15 is 0 Å². The molecular formula is C22H20ClN3O5S. The van der Waals surface area contributed by atoms with Crippen molar-refractivity contribution in [1.82, 2.24) is 4.73 Å². The molecule has 8 nitrogen and oxygen atoms in total. The zero-order valence-corrected chi connectivity index (χ0v) is 18.7. The first-order chi connectivity index (χ1) is 15.2. The first kappa shape index (κ1) is 23.2. The Kier molecular flexibility index (Phi) is 7.12. The summed E-state index contributed by atoms with van der Waals surface area (Å²) in [5.74, 6) is -0.593. The second kappa shape index (κ2) is 9.80. The van der Waals surface area contributed by atoms with Crippen LogP contribution in [-0.4, -0.2) is 25.8 Å². The third-order valence-corrected chi connectivity index (χ3v) is 5.90. The minimum absolute atomic E-state index is 0.128. The second-order valence-electron chi connectivity index (χ2n) is 6.91. The molecule has 3 rings (SSSR count). The molecule has 1 N–H and O–H groups in total. The van der Waals surface area contributed by atoms with Crippen molar-refractivity contribution in [2.45, 2.75) is 19.1 Å². The van der Waals surface area contributed by atoms with Crippen molar-refractivity contribution in [2.75, 3.05) is 4.72 Å². The van der Waals surface area contributed by atoms with Crippen molar-refractivity contribution < 1.29 is 18.0 Å². The Morgan fingerprint density at radius 2 is 1.88 bits per heavy atom. The van der Waals surface area contributed by atoms with Gasteiger partial charge in [0.1, 0.15) is 5.69 Å². The van der Waals surface area contributed by atoms with Crippen molar-refractivity contribution in [2.24, 2.45) is 4.99 Å². The van der Waals surface area contributed by atoms with E-state index in [1.165, 1.54) is 24.3 Å². The molecule has 0 aliphatic carbocycles. The highest BCUT2D eigenvalue weighted by atomic mass is 35.5. The molecule has 0 atom stereocenters. The summed E-state index contributed by atoms with van der Waals surface area (Å²) in [5, 5.41) is 0.371. The predicted octanol–water partition coefficient (Wildman–Crippen LogP) is 3.36. The maximum atomic E-state index is 13.0. The van der Waals surface area contributed by atoms with Gasteiger partial charge in [0.15, 0.2) is 5.75 Å². The van der Waals surface area contributed by atoms with E-state index in [1.807, 2.05) is 0 Å². The van der Waals surface area contributed by atoms with Gasteiger partial charge in [0.25, 0.3) is 0 Å². The summed E-state index contributed by atoms with van der Waals surface area (Å²) >= 11 is 6.02. The molecule has 0 spiro atoms. The lowest BCUT2D eigenvalue weighted by Crippen LogP contribution is -2.30. The maximum Gasteiger partial charge on any atom is 0.307 e. The molecule has 0 saturated carbocycles. The van der Waals surface area contributed by atoms with E-state index in [1.54, 1.807) is 43.3 Å². The quantitative estimate of drug-likeness (QED) is 0.505. The van der Waals surface area contributed by atoms with E-state index in [0.29, 0.717) is 21.8 Å². The van der Waals surface area contributed by atoms with E-state index < -0.39 is 21.5 Å². The molecular weight excluding hydrogens is 454 g/mol. The summed E-state index contributed by atoms with van der Waals surface area (Å²) in [5.41, 5.74) is 0.503. The van der Waals surface area contributed by atoms with Gasteiger partial charge >= 0.3 is 5.56 Å². The lowest BCUT2D eigenvalue weighted by Gasteiger charge is -2.16. The molecule has 0 fully saturated rings. The molecule has 0 bridgehead atoms. The number of hydrogen-bond donors (Lipinski definition) is 1. The minimum atomic E-state index is -3.85. The molecule has 1 amide bonds. The number of rotatable bonds is 8. The smallest absolute Gasteiger partial charge is 0.307 e. The van der Waals surface area contributed by atoms with Gasteiger partial charge in [-0.1, -0.05) is 41.9 Å². The molecule has 0 saturated heterocycles. The number of anilines is 1. The zero-order valence-electron chi connectivity index (χ0n) is 17.1. The van der Waals surface area contributed by atoms with Gasteiger partial charge in [-0.25, -0.2) is 13.4 Å². The number of aryl methyl sites for hydroxylation is 1. The van der Waals surface area contributed by atoms with Gasteiger partial charge in [-0.3, -0.25) is 14.3 Å². The van der Waals surface area contributed by atoms with E-state index in [9.17, 15) is 18.0 Å². The number of aromatic nitrogens is 1. The van der Waals surface area contributed by atoms with E-state index in [2.05, 4.69) is 16.4 Å². The number of amides is 1. The predicted molar refractivity (Wildman–Crippen MR) is 124 cm³/mol. The summed E-state index contributed by atoms with van der Waals surface area (Å²) < 4.78 is 28.4. The SMILES string of the molecule is C=NC(=O)Cc1cc(Cl)ccc1On1c(C)ccc(NS(=O)(=O)Cc2ccccc2)c1=O. The maximum absolute atomic E-state index is 13.0. The molecule has 166 valence electrons. The number of nitrogens with zero attached hydrogens (tertiary/aromatic N) is 2. The molecule has 1 aromatic heterocycles. The average molecular weight is 474 g/mol. The van der Waals surface area contributed by atoms with Crippen LogP contribution in [0.5, 0.6) is 5.75 Å². The average Bonchev–Trinajstić information content (AvgIpc) is 2.74. The Morgan fingerprint density at radius 3 is 2.56 bits per heavy atom. The largest absolute Gasteiger partial charge is 0.372 e. The van der Waals surface area contributed by atoms with Gasteiger partial charge in [0.05, 0.1) is 17.9 Å². The van der Waals surface area contributed by atoms with Crippen LogP contribution in [-0.2, 0) is 27.0 Å². The van der Waals surface area contributed by atoms with Crippen LogP contribution in [0.4, 0.5) is 5.69 Å². The molecule has 32 heavy (non-hydrogen) atoms. The monoisotopic (exact) mass is 473 g/mol. The van der Waals surface area contributed by atoms with Crippen LogP contribution >= 0.6 is 11.6 Å². The number of nitrogens with one attached hydrogen (secondary N) is 1. The van der Waals surface area contributed by atoms with E-state index in [0.717, 1.165) is 4.73 Å². The molecule has 0 radical (unpaired) electrons. The van der Waals surface area contributed by atoms with E-state index in [4.69, 9.17) is 16.4 Å². The highest BCUT2D eigenvalue weighted by molar-refractivity contribution is 7.91. The summed E-state index contributed by atoms with van der Waals surface area (Å²) in [4.78, 5) is 33.8. The molecule has 0 aliphatic heterocycles. The third-order valence-electron chi connectivity index (χ3n) is 4.42. The normalized spacial score (nSPS) is 11.1. The second-order valence-corrected chi connectivity index (χ2v) is 9.07. The Bertz CT molecular complexity index is 1320. The van der Waals surface area contributed by atoms with Gasteiger partial charge in [0, 0.05) is 10.6 Å². The minimum Gasteiger partial charge on any atom is -0.372 e. The van der Waals surface area contributed by atoms with Crippen LogP contribution in [0.2, 0.25) is 5.02 Å². The number of sulfonamides is 1. The molecule has 10 heteroatoms. The van der Waals surface area contributed by atoms with Crippen molar-refractivity contribution in [3.05, 3.63) is 92.9 Å². The number of halogens is 1. The van der Waals surface area contributed by atoms with Crippen molar-refractivity contribution in [3.63, 3.8) is 0 Å². The Morgan fingerprint density at radius 1 is 1.16 bits per heavy atom. The fourth-order valence-corrected chi connectivity index (χ4v) is 4.28. The summed E-state index contributed by atoms with van der Waals surface area (Å²) in [7, 11) is -3.85. The molecule has 2 aromatic carbocycles. The van der Waals surface area contributed by atoms with Crippen LogP contribution in [0.3, 0.4) is 0 Å². The molecule has 0 unspecified atom stereocenters. The Labute approximate surface area is 190 Å². The van der Waals surface area contributed by atoms with Gasteiger partial charge < -0.3 is 4.84 Å². The van der Waals surface area contributed by atoms with Gasteiger partial charge in [-0.2, -0.15) is 0 Å². The first-order valence-corrected chi connectivity index (χ1v) is 11.4. The lowest BCUT2D eigenvalue weighted by molar-refractivity contribution is -0.117. The molecule has 0 aliphatic rings. The summed E-state index contributed by atoms with van der Waals surface area (Å²) in [6.45, 7) is 4.82. The van der Waals surface area contributed by atoms with Crippen molar-refractivity contribution >= 4 is 39.9 Å². The van der Waals surface area contributed by atoms with Crippen molar-refractivity contribution in [1.29, 1.82) is 0 Å². The zero-order chi connectivity index (χ0) is 23.3. The third kappa shape index (κ3) is 5.83. The molecule has 1 heterocycles. The number of carbonyl (C=O) groups excluding carboxylic acids is 1. The highest BCUT2D eigenvalue weighted by Gasteiger charge is 2.17.